The Morgan fingerprint density at radius 3 is 2.57 bits per heavy atom. The Kier molecular flexibility index (Phi) is 6.01. The van der Waals surface area contributed by atoms with E-state index in [1.807, 2.05) is 17.8 Å². The van der Waals surface area contributed by atoms with Crippen molar-refractivity contribution in [3.63, 3.8) is 0 Å². The molecule has 23 heavy (non-hydrogen) atoms. The average molecular weight is 333 g/mol. The Labute approximate surface area is 144 Å². The Balaban J connectivity index is 1.73. The van der Waals surface area contributed by atoms with Crippen molar-refractivity contribution in [1.29, 1.82) is 0 Å². The molecule has 3 rings (SSSR count). The van der Waals surface area contributed by atoms with Crippen LogP contribution >= 0.6 is 11.8 Å². The van der Waals surface area contributed by atoms with E-state index in [-0.39, 0.29) is 5.25 Å². The molecule has 2 aliphatic rings. The minimum Gasteiger partial charge on any atom is -0.334 e. The van der Waals surface area contributed by atoms with E-state index in [9.17, 15) is 4.79 Å². The van der Waals surface area contributed by atoms with E-state index >= 15 is 0 Å². The summed E-state index contributed by atoms with van der Waals surface area (Å²) in [4.78, 5) is 17.7. The highest BCUT2D eigenvalue weighted by molar-refractivity contribution is 8.00. The predicted octanol–water partition coefficient (Wildman–Crippen LogP) is 3.40. The van der Waals surface area contributed by atoms with Gasteiger partial charge in [0, 0.05) is 12.6 Å². The number of piperidine rings is 1. The maximum absolute atomic E-state index is 13.2. The van der Waals surface area contributed by atoms with Crippen LogP contribution in [0.2, 0.25) is 0 Å². The van der Waals surface area contributed by atoms with Crippen LogP contribution in [0.3, 0.4) is 0 Å². The Hall–Kier alpha value is -1.000. The van der Waals surface area contributed by atoms with Gasteiger partial charge >= 0.3 is 0 Å². The summed E-state index contributed by atoms with van der Waals surface area (Å²) in [5, 5.41) is 0.187. The molecular weight excluding hydrogens is 304 g/mol. The van der Waals surface area contributed by atoms with Gasteiger partial charge in [-0.1, -0.05) is 36.8 Å². The normalized spacial score (nSPS) is 23.6. The zero-order valence-electron chi connectivity index (χ0n) is 14.1. The van der Waals surface area contributed by atoms with E-state index < -0.39 is 0 Å². The third kappa shape index (κ3) is 4.51. The summed E-state index contributed by atoms with van der Waals surface area (Å²) in [5.41, 5.74) is 1.25. The summed E-state index contributed by atoms with van der Waals surface area (Å²) in [7, 11) is 2.18. The minimum absolute atomic E-state index is 0.187. The molecular formula is C19H28N2OS. The summed E-state index contributed by atoms with van der Waals surface area (Å²) in [5.74, 6) is 1.52. The SMILES string of the molecule is CN1CCC(N(Cc2ccccc2)C(=O)[C@@H]2CCCCS2)CC1. The highest BCUT2D eigenvalue weighted by Gasteiger charge is 2.32. The molecule has 126 valence electrons. The summed E-state index contributed by atoms with van der Waals surface area (Å²) < 4.78 is 0. The Morgan fingerprint density at radius 2 is 1.91 bits per heavy atom. The number of benzene rings is 1. The molecule has 1 atom stereocenters. The molecule has 3 nitrogen and oxygen atoms in total. The maximum Gasteiger partial charge on any atom is 0.236 e. The molecule has 1 aromatic carbocycles. The van der Waals surface area contributed by atoms with Gasteiger partial charge in [0.2, 0.25) is 5.91 Å². The lowest BCUT2D eigenvalue weighted by Gasteiger charge is -2.39. The van der Waals surface area contributed by atoms with Crippen molar-refractivity contribution in [1.82, 2.24) is 9.80 Å². The molecule has 1 aromatic rings. The van der Waals surface area contributed by atoms with E-state index in [2.05, 4.69) is 41.1 Å². The molecule has 0 aromatic heterocycles. The van der Waals surface area contributed by atoms with Crippen LogP contribution < -0.4 is 0 Å². The van der Waals surface area contributed by atoms with Crippen molar-refractivity contribution in [3.8, 4) is 0 Å². The van der Waals surface area contributed by atoms with Crippen LogP contribution in [-0.4, -0.2) is 52.9 Å². The number of carbonyl (C=O) groups is 1. The number of likely N-dealkylation sites (tertiary alicyclic amines) is 1. The lowest BCUT2D eigenvalue weighted by Crippen LogP contribution is -2.49. The highest BCUT2D eigenvalue weighted by Crippen LogP contribution is 2.29. The average Bonchev–Trinajstić information content (AvgIpc) is 2.62. The van der Waals surface area contributed by atoms with Crippen molar-refractivity contribution in [2.45, 2.75) is 49.9 Å². The fourth-order valence-electron chi connectivity index (χ4n) is 3.59. The van der Waals surface area contributed by atoms with Gasteiger partial charge in [-0.3, -0.25) is 4.79 Å². The molecule has 4 heteroatoms. The number of hydrogen-bond donors (Lipinski definition) is 0. The van der Waals surface area contributed by atoms with Gasteiger partial charge < -0.3 is 9.80 Å². The van der Waals surface area contributed by atoms with Crippen LogP contribution in [0.15, 0.2) is 30.3 Å². The molecule has 0 radical (unpaired) electrons. The van der Waals surface area contributed by atoms with Crippen molar-refractivity contribution in [2.24, 2.45) is 0 Å². The lowest BCUT2D eigenvalue weighted by molar-refractivity contribution is -0.134. The second kappa shape index (κ2) is 8.20. The van der Waals surface area contributed by atoms with Gasteiger partial charge in [0.05, 0.1) is 5.25 Å². The molecule has 0 bridgehead atoms. The van der Waals surface area contributed by atoms with Crippen LogP contribution in [-0.2, 0) is 11.3 Å². The third-order valence-electron chi connectivity index (χ3n) is 5.06. The molecule has 0 saturated carbocycles. The molecule has 2 aliphatic heterocycles. The van der Waals surface area contributed by atoms with Gasteiger partial charge in [-0.15, -0.1) is 11.8 Å². The van der Waals surface area contributed by atoms with Gasteiger partial charge in [-0.25, -0.2) is 0 Å². The fraction of sp³-hybridized carbons (Fsp3) is 0.632. The standard InChI is InChI=1S/C19H28N2OS/c1-20-12-10-17(11-13-20)21(15-16-7-3-2-4-8-16)19(22)18-9-5-6-14-23-18/h2-4,7-8,17-18H,5-6,9-15H2,1H3/t18-/m0/s1. The van der Waals surface area contributed by atoms with Crippen molar-refractivity contribution in [3.05, 3.63) is 35.9 Å². The molecule has 0 unspecified atom stereocenters. The lowest BCUT2D eigenvalue weighted by atomic mass is 10.0. The maximum atomic E-state index is 13.2. The zero-order chi connectivity index (χ0) is 16.1. The number of rotatable bonds is 4. The predicted molar refractivity (Wildman–Crippen MR) is 97.6 cm³/mol. The van der Waals surface area contributed by atoms with Crippen LogP contribution in [0.1, 0.15) is 37.7 Å². The van der Waals surface area contributed by atoms with E-state index in [1.165, 1.54) is 18.4 Å². The summed E-state index contributed by atoms with van der Waals surface area (Å²) in [6, 6.07) is 10.9. The van der Waals surface area contributed by atoms with Crippen molar-refractivity contribution in [2.75, 3.05) is 25.9 Å². The van der Waals surface area contributed by atoms with Gasteiger partial charge in [0.1, 0.15) is 0 Å². The van der Waals surface area contributed by atoms with E-state index in [1.54, 1.807) is 0 Å². The van der Waals surface area contributed by atoms with Crippen molar-refractivity contribution < 1.29 is 4.79 Å². The fourth-order valence-corrected chi connectivity index (χ4v) is 4.86. The van der Waals surface area contributed by atoms with Crippen LogP contribution in [0, 0.1) is 0 Å². The van der Waals surface area contributed by atoms with Crippen LogP contribution in [0.5, 0.6) is 0 Å². The quantitative estimate of drug-likeness (QED) is 0.844. The van der Waals surface area contributed by atoms with Gasteiger partial charge in [-0.05, 0) is 57.1 Å². The van der Waals surface area contributed by atoms with Gasteiger partial charge in [0.25, 0.3) is 0 Å². The van der Waals surface area contributed by atoms with E-state index in [0.29, 0.717) is 11.9 Å². The van der Waals surface area contributed by atoms with Crippen molar-refractivity contribution >= 4 is 17.7 Å². The second-order valence-corrected chi connectivity index (χ2v) is 8.15. The second-order valence-electron chi connectivity index (χ2n) is 6.84. The monoisotopic (exact) mass is 332 g/mol. The van der Waals surface area contributed by atoms with Gasteiger partial charge in [0.15, 0.2) is 0 Å². The smallest absolute Gasteiger partial charge is 0.236 e. The molecule has 1 amide bonds. The Bertz CT molecular complexity index is 493. The summed E-state index contributed by atoms with van der Waals surface area (Å²) in [6.07, 6.45) is 5.73. The van der Waals surface area contributed by atoms with Gasteiger partial charge in [-0.2, -0.15) is 0 Å². The number of carbonyl (C=O) groups excluding carboxylic acids is 1. The number of thioether (sulfide) groups is 1. The highest BCUT2D eigenvalue weighted by atomic mass is 32.2. The first-order valence-electron chi connectivity index (χ1n) is 8.88. The first-order chi connectivity index (χ1) is 11.2. The van der Waals surface area contributed by atoms with E-state index in [4.69, 9.17) is 0 Å². The van der Waals surface area contributed by atoms with Crippen LogP contribution in [0.4, 0.5) is 0 Å². The summed E-state index contributed by atoms with van der Waals surface area (Å²) in [6.45, 7) is 2.97. The molecule has 2 heterocycles. The first-order valence-corrected chi connectivity index (χ1v) is 9.93. The van der Waals surface area contributed by atoms with Crippen LogP contribution in [0.25, 0.3) is 0 Å². The number of nitrogens with zero attached hydrogens (tertiary/aromatic N) is 2. The number of hydrogen-bond acceptors (Lipinski definition) is 3. The number of amides is 1. The third-order valence-corrected chi connectivity index (χ3v) is 6.43. The first kappa shape index (κ1) is 16.8. The molecule has 0 spiro atoms. The Morgan fingerprint density at radius 1 is 1.17 bits per heavy atom. The molecule has 2 saturated heterocycles. The molecule has 2 fully saturated rings. The summed E-state index contributed by atoms with van der Waals surface area (Å²) >= 11 is 1.87. The molecule has 0 aliphatic carbocycles. The van der Waals surface area contributed by atoms with E-state index in [0.717, 1.165) is 44.6 Å². The zero-order valence-corrected chi connectivity index (χ0v) is 14.9. The topological polar surface area (TPSA) is 23.6 Å². The minimum atomic E-state index is 0.187. The largest absolute Gasteiger partial charge is 0.334 e. The molecule has 0 N–H and O–H groups in total.